The molecule has 3 heterocycles. The summed E-state index contributed by atoms with van der Waals surface area (Å²) in [4.78, 5) is 11.7. The quantitative estimate of drug-likeness (QED) is 0.599. The lowest BCUT2D eigenvalue weighted by atomic mass is 10.1. The van der Waals surface area contributed by atoms with Crippen LogP contribution in [0.25, 0.3) is 0 Å². The molecule has 0 unspecified atom stereocenters. The van der Waals surface area contributed by atoms with Gasteiger partial charge in [-0.2, -0.15) is 0 Å². The van der Waals surface area contributed by atoms with Gasteiger partial charge in [0.05, 0.1) is 15.7 Å². The Morgan fingerprint density at radius 2 is 2.20 bits per heavy atom. The Labute approximate surface area is 158 Å². The summed E-state index contributed by atoms with van der Waals surface area (Å²) in [6.45, 7) is 8.03. The number of hydrogen-bond donors (Lipinski definition) is 2. The Bertz CT molecular complexity index is 657. The fourth-order valence-corrected chi connectivity index (χ4v) is 4.45. The minimum atomic E-state index is 0.496. The Balaban J connectivity index is 1.47. The molecule has 2 N–H and O–H groups in total. The van der Waals surface area contributed by atoms with Crippen molar-refractivity contribution >= 4 is 33.6 Å². The summed E-state index contributed by atoms with van der Waals surface area (Å²) in [6, 6.07) is 4.84. The molecule has 3 rings (SSSR count). The molecule has 0 radical (unpaired) electrons. The molecule has 136 valence electrons. The van der Waals surface area contributed by atoms with Gasteiger partial charge in [0.2, 0.25) is 0 Å². The lowest BCUT2D eigenvalue weighted by Crippen LogP contribution is -2.48. The molecule has 0 atom stereocenters. The van der Waals surface area contributed by atoms with Crippen molar-refractivity contribution in [2.45, 2.75) is 39.2 Å². The molecule has 1 fully saturated rings. The van der Waals surface area contributed by atoms with E-state index < -0.39 is 0 Å². The molecule has 1 aliphatic rings. The average molecular weight is 378 g/mol. The predicted octanol–water partition coefficient (Wildman–Crippen LogP) is 3.28. The van der Waals surface area contributed by atoms with Crippen LogP contribution in [0, 0.1) is 6.92 Å². The van der Waals surface area contributed by atoms with Crippen molar-refractivity contribution < 1.29 is 0 Å². The number of guanidine groups is 1. The van der Waals surface area contributed by atoms with E-state index in [4.69, 9.17) is 4.99 Å². The highest BCUT2D eigenvalue weighted by Gasteiger charge is 2.20. The van der Waals surface area contributed by atoms with Crippen molar-refractivity contribution in [3.63, 3.8) is 0 Å². The van der Waals surface area contributed by atoms with E-state index >= 15 is 0 Å². The third-order valence-electron chi connectivity index (χ3n) is 4.30. The highest BCUT2D eigenvalue weighted by Crippen LogP contribution is 2.24. The SMILES string of the molecule is CCNC(=NCCc1csc(C)n1)NC1CCN(c2cccs2)CC1. The Morgan fingerprint density at radius 1 is 1.36 bits per heavy atom. The van der Waals surface area contributed by atoms with Crippen molar-refractivity contribution in [3.8, 4) is 0 Å². The van der Waals surface area contributed by atoms with Crippen LogP contribution in [0.2, 0.25) is 0 Å². The average Bonchev–Trinajstić information content (AvgIpc) is 3.28. The minimum absolute atomic E-state index is 0.496. The Morgan fingerprint density at radius 3 is 2.84 bits per heavy atom. The smallest absolute Gasteiger partial charge is 0.191 e. The Hall–Kier alpha value is -1.60. The molecule has 7 heteroatoms. The zero-order chi connectivity index (χ0) is 17.5. The van der Waals surface area contributed by atoms with Gasteiger partial charge >= 0.3 is 0 Å². The second-order valence-electron chi connectivity index (χ2n) is 6.23. The molecule has 1 aliphatic heterocycles. The highest BCUT2D eigenvalue weighted by atomic mass is 32.1. The van der Waals surface area contributed by atoms with Gasteiger partial charge in [0.1, 0.15) is 0 Å². The van der Waals surface area contributed by atoms with E-state index in [-0.39, 0.29) is 0 Å². The fraction of sp³-hybridized carbons (Fsp3) is 0.556. The van der Waals surface area contributed by atoms with E-state index in [0.717, 1.165) is 62.1 Å². The van der Waals surface area contributed by atoms with Crippen molar-refractivity contribution in [1.29, 1.82) is 0 Å². The first-order valence-corrected chi connectivity index (χ1v) is 10.7. The van der Waals surface area contributed by atoms with Gasteiger partial charge in [-0.1, -0.05) is 0 Å². The van der Waals surface area contributed by atoms with Crippen molar-refractivity contribution in [2.24, 2.45) is 4.99 Å². The maximum Gasteiger partial charge on any atom is 0.191 e. The second kappa shape index (κ2) is 9.20. The molecule has 2 aromatic rings. The summed E-state index contributed by atoms with van der Waals surface area (Å²) < 4.78 is 0. The number of nitrogens with zero attached hydrogens (tertiary/aromatic N) is 3. The first-order valence-electron chi connectivity index (χ1n) is 8.99. The second-order valence-corrected chi connectivity index (χ2v) is 8.21. The molecule has 0 amide bonds. The summed E-state index contributed by atoms with van der Waals surface area (Å²) >= 11 is 3.53. The van der Waals surface area contributed by atoms with Crippen LogP contribution in [0.15, 0.2) is 27.9 Å². The summed E-state index contributed by atoms with van der Waals surface area (Å²) in [5.74, 6) is 0.934. The number of hydrogen-bond acceptors (Lipinski definition) is 5. The van der Waals surface area contributed by atoms with Gasteiger partial charge in [0.15, 0.2) is 5.96 Å². The molecule has 0 saturated carbocycles. The molecule has 1 saturated heterocycles. The lowest BCUT2D eigenvalue weighted by molar-refractivity contribution is 0.463. The molecular weight excluding hydrogens is 350 g/mol. The van der Waals surface area contributed by atoms with Gasteiger partial charge in [0, 0.05) is 44.0 Å². The zero-order valence-corrected chi connectivity index (χ0v) is 16.6. The van der Waals surface area contributed by atoms with Crippen molar-refractivity contribution in [2.75, 3.05) is 31.1 Å². The minimum Gasteiger partial charge on any atom is -0.363 e. The van der Waals surface area contributed by atoms with Gasteiger partial charge in [0.25, 0.3) is 0 Å². The normalized spacial score (nSPS) is 16.2. The standard InChI is InChI=1S/C18H27N5S2/c1-3-19-18(20-9-6-16-13-25-14(2)21-16)22-15-7-10-23(11-8-15)17-5-4-12-24-17/h4-5,12-13,15H,3,6-11H2,1-2H3,(H2,19,20,22). The van der Waals surface area contributed by atoms with E-state index in [2.05, 4.69) is 50.3 Å². The number of thiophene rings is 1. The van der Waals surface area contributed by atoms with Crippen LogP contribution in [0.1, 0.15) is 30.5 Å². The van der Waals surface area contributed by atoms with Crippen LogP contribution in [-0.2, 0) is 6.42 Å². The zero-order valence-electron chi connectivity index (χ0n) is 15.0. The number of rotatable bonds is 6. The molecule has 5 nitrogen and oxygen atoms in total. The summed E-state index contributed by atoms with van der Waals surface area (Å²) in [6.07, 6.45) is 3.19. The maximum atomic E-state index is 4.73. The molecule has 0 spiro atoms. The van der Waals surface area contributed by atoms with Crippen molar-refractivity contribution in [1.82, 2.24) is 15.6 Å². The van der Waals surface area contributed by atoms with E-state index in [1.54, 1.807) is 11.3 Å². The third-order valence-corrected chi connectivity index (χ3v) is 6.05. The molecule has 2 aromatic heterocycles. The van der Waals surface area contributed by atoms with E-state index in [1.165, 1.54) is 5.00 Å². The molecule has 25 heavy (non-hydrogen) atoms. The summed E-state index contributed by atoms with van der Waals surface area (Å²) in [7, 11) is 0. The van der Waals surface area contributed by atoms with E-state index in [1.807, 2.05) is 18.3 Å². The van der Waals surface area contributed by atoms with Crippen LogP contribution in [0.5, 0.6) is 0 Å². The van der Waals surface area contributed by atoms with Crippen LogP contribution in [0.3, 0.4) is 0 Å². The first kappa shape index (κ1) is 18.2. The van der Waals surface area contributed by atoms with Crippen molar-refractivity contribution in [3.05, 3.63) is 33.6 Å². The van der Waals surface area contributed by atoms with Gasteiger partial charge in [-0.3, -0.25) is 4.99 Å². The third kappa shape index (κ3) is 5.44. The largest absolute Gasteiger partial charge is 0.363 e. The van der Waals surface area contributed by atoms with Crippen LogP contribution in [-0.4, -0.2) is 43.2 Å². The monoisotopic (exact) mass is 377 g/mol. The van der Waals surface area contributed by atoms with Gasteiger partial charge in [-0.05, 0) is 44.2 Å². The van der Waals surface area contributed by atoms with E-state index in [9.17, 15) is 0 Å². The topological polar surface area (TPSA) is 52.6 Å². The predicted molar refractivity (Wildman–Crippen MR) is 109 cm³/mol. The van der Waals surface area contributed by atoms with Crippen LogP contribution < -0.4 is 15.5 Å². The Kier molecular flexibility index (Phi) is 6.69. The van der Waals surface area contributed by atoms with Gasteiger partial charge in [-0.25, -0.2) is 4.98 Å². The first-order chi connectivity index (χ1) is 12.2. The number of aliphatic imine (C=N–C) groups is 1. The highest BCUT2D eigenvalue weighted by molar-refractivity contribution is 7.14. The number of aromatic nitrogens is 1. The van der Waals surface area contributed by atoms with E-state index in [0.29, 0.717) is 6.04 Å². The number of aryl methyl sites for hydroxylation is 1. The fourth-order valence-electron chi connectivity index (χ4n) is 3.01. The molecule has 0 aromatic carbocycles. The maximum absolute atomic E-state index is 4.73. The summed E-state index contributed by atoms with van der Waals surface area (Å²) in [5.41, 5.74) is 1.14. The summed E-state index contributed by atoms with van der Waals surface area (Å²) in [5, 5.41) is 13.8. The number of piperidine rings is 1. The van der Waals surface area contributed by atoms with Gasteiger partial charge in [-0.15, -0.1) is 22.7 Å². The number of thiazole rings is 1. The molecule has 0 bridgehead atoms. The van der Waals surface area contributed by atoms with Gasteiger partial charge < -0.3 is 15.5 Å². The number of anilines is 1. The number of nitrogens with one attached hydrogen (secondary N) is 2. The van der Waals surface area contributed by atoms with Crippen LogP contribution in [0.4, 0.5) is 5.00 Å². The molecular formula is C18H27N5S2. The van der Waals surface area contributed by atoms with Crippen LogP contribution >= 0.6 is 22.7 Å². The molecule has 0 aliphatic carbocycles. The lowest BCUT2D eigenvalue weighted by Gasteiger charge is -2.33.